The van der Waals surface area contributed by atoms with Gasteiger partial charge in [0.05, 0.1) is 0 Å². The number of rotatable bonds is 8. The molecule has 1 aromatic heterocycles. The largest absolute Gasteiger partial charge is 0.357 e. The first-order valence-corrected chi connectivity index (χ1v) is 9.73. The van der Waals surface area contributed by atoms with Gasteiger partial charge in [0.2, 0.25) is 5.91 Å². The van der Waals surface area contributed by atoms with E-state index in [2.05, 4.69) is 39.2 Å². The molecule has 0 unspecified atom stereocenters. The Bertz CT molecular complexity index is 735. The highest BCUT2D eigenvalue weighted by Crippen LogP contribution is 2.22. The zero-order valence-corrected chi connectivity index (χ0v) is 18.8. The Labute approximate surface area is 184 Å². The van der Waals surface area contributed by atoms with Gasteiger partial charge >= 0.3 is 0 Å². The van der Waals surface area contributed by atoms with Crippen molar-refractivity contribution in [2.24, 2.45) is 4.99 Å². The van der Waals surface area contributed by atoms with Gasteiger partial charge in [-0.25, -0.2) is 0 Å². The van der Waals surface area contributed by atoms with Crippen LogP contribution in [-0.4, -0.2) is 41.0 Å². The molecular weight excluding hydrogens is 465 g/mol. The zero-order valence-electron chi connectivity index (χ0n) is 16.4. The van der Waals surface area contributed by atoms with E-state index >= 15 is 0 Å². The molecule has 0 saturated carbocycles. The molecular formula is C21H30IN5O. The molecule has 0 fully saturated rings. The van der Waals surface area contributed by atoms with Crippen LogP contribution >= 0.6 is 24.0 Å². The monoisotopic (exact) mass is 495 g/mol. The van der Waals surface area contributed by atoms with Gasteiger partial charge < -0.3 is 20.1 Å². The van der Waals surface area contributed by atoms with Crippen LogP contribution in [-0.2, 0) is 24.4 Å². The second kappa shape index (κ2) is 11.7. The molecule has 1 aliphatic rings. The van der Waals surface area contributed by atoms with Crippen molar-refractivity contribution in [3.63, 3.8) is 0 Å². The second-order valence-electron chi connectivity index (χ2n) is 6.73. The van der Waals surface area contributed by atoms with Crippen LogP contribution < -0.4 is 10.6 Å². The van der Waals surface area contributed by atoms with Crippen LogP contribution in [0.5, 0.6) is 0 Å². The molecule has 0 aliphatic carbocycles. The lowest BCUT2D eigenvalue weighted by atomic mass is 10.1. The van der Waals surface area contributed by atoms with Crippen molar-refractivity contribution in [3.05, 3.63) is 59.9 Å². The Kier molecular flexibility index (Phi) is 9.33. The minimum atomic E-state index is 0. The number of nitrogens with zero attached hydrogens (tertiary/aromatic N) is 3. The van der Waals surface area contributed by atoms with Crippen molar-refractivity contribution in [2.45, 2.75) is 39.4 Å². The van der Waals surface area contributed by atoms with Crippen LogP contribution in [0.4, 0.5) is 0 Å². The summed E-state index contributed by atoms with van der Waals surface area (Å²) >= 11 is 0. The Balaban J connectivity index is 0.00000280. The van der Waals surface area contributed by atoms with Gasteiger partial charge in [0, 0.05) is 58.1 Å². The fraction of sp³-hybridized carbons (Fsp3) is 0.429. The molecule has 0 atom stereocenters. The van der Waals surface area contributed by atoms with Crippen molar-refractivity contribution in [2.75, 3.05) is 19.6 Å². The highest BCUT2D eigenvalue weighted by molar-refractivity contribution is 14.0. The number of nitrogens with one attached hydrogen (secondary N) is 2. The number of aliphatic imine (C=N–C) groups is 1. The van der Waals surface area contributed by atoms with Crippen LogP contribution in [0.3, 0.4) is 0 Å². The summed E-state index contributed by atoms with van der Waals surface area (Å²) in [5.74, 6) is 1.03. The Morgan fingerprint density at radius 2 is 1.75 bits per heavy atom. The van der Waals surface area contributed by atoms with Gasteiger partial charge in [-0.2, -0.15) is 0 Å². The quantitative estimate of drug-likeness (QED) is 0.256. The molecule has 0 bridgehead atoms. The smallest absolute Gasteiger partial charge is 0.223 e. The van der Waals surface area contributed by atoms with Gasteiger partial charge in [-0.05, 0) is 36.6 Å². The Morgan fingerprint density at radius 1 is 1.07 bits per heavy atom. The number of carbonyl (C=O) groups excluding carboxylic acids is 1. The topological polar surface area (TPSA) is 61.7 Å². The minimum absolute atomic E-state index is 0. The number of halogens is 1. The Morgan fingerprint density at radius 3 is 2.39 bits per heavy atom. The fourth-order valence-electron chi connectivity index (χ4n) is 3.25. The first kappa shape index (κ1) is 22.3. The summed E-state index contributed by atoms with van der Waals surface area (Å²) < 4.78 is 2.13. The molecule has 3 rings (SSSR count). The lowest BCUT2D eigenvalue weighted by molar-refractivity contribution is -0.131. The maximum Gasteiger partial charge on any atom is 0.223 e. The van der Waals surface area contributed by atoms with Crippen LogP contribution in [0.25, 0.3) is 0 Å². The minimum Gasteiger partial charge on any atom is -0.357 e. The molecule has 7 heteroatoms. The highest BCUT2D eigenvalue weighted by atomic mass is 127. The van der Waals surface area contributed by atoms with Gasteiger partial charge in [-0.15, -0.1) is 24.0 Å². The van der Waals surface area contributed by atoms with Crippen molar-refractivity contribution in [1.82, 2.24) is 20.1 Å². The summed E-state index contributed by atoms with van der Waals surface area (Å²) in [5, 5.41) is 6.59. The molecule has 2 aromatic rings. The number of fused-ring (bicyclic) bond motifs is 1. The summed E-state index contributed by atoms with van der Waals surface area (Å²) in [5.41, 5.74) is 2.54. The molecule has 6 nitrogen and oxygen atoms in total. The molecule has 0 saturated heterocycles. The number of amides is 1. The van der Waals surface area contributed by atoms with Crippen LogP contribution in [0.1, 0.15) is 30.9 Å². The van der Waals surface area contributed by atoms with E-state index in [-0.39, 0.29) is 29.9 Å². The van der Waals surface area contributed by atoms with E-state index in [9.17, 15) is 4.79 Å². The summed E-state index contributed by atoms with van der Waals surface area (Å²) in [6.07, 6.45) is 5.40. The molecule has 1 aromatic carbocycles. The molecule has 1 amide bonds. The Hall–Kier alpha value is -2.03. The van der Waals surface area contributed by atoms with Gasteiger partial charge in [0.25, 0.3) is 0 Å². The summed E-state index contributed by atoms with van der Waals surface area (Å²) in [4.78, 5) is 19.0. The molecule has 152 valence electrons. The van der Waals surface area contributed by atoms with E-state index in [0.29, 0.717) is 13.0 Å². The third-order valence-corrected chi connectivity index (χ3v) is 4.69. The number of hydrogen-bond donors (Lipinski definition) is 2. The first-order chi connectivity index (χ1) is 13.3. The summed E-state index contributed by atoms with van der Waals surface area (Å²) in [6, 6.07) is 12.3. The second-order valence-corrected chi connectivity index (χ2v) is 6.73. The summed E-state index contributed by atoms with van der Waals surface area (Å²) in [7, 11) is 0. The number of carbonyl (C=O) groups is 1. The van der Waals surface area contributed by atoms with Crippen molar-refractivity contribution in [1.29, 1.82) is 0 Å². The maximum absolute atomic E-state index is 12.4. The third-order valence-electron chi connectivity index (χ3n) is 4.69. The molecule has 0 radical (unpaired) electrons. The number of guanidine groups is 1. The van der Waals surface area contributed by atoms with Crippen LogP contribution in [0, 0.1) is 0 Å². The average Bonchev–Trinajstić information content (AvgIpc) is 3.34. The van der Waals surface area contributed by atoms with Gasteiger partial charge in [-0.3, -0.25) is 9.79 Å². The standard InChI is InChI=1S/C21H29N5O.HI/c1-2-22-21(24-12-15-25-13-5-6-14-25)23-11-7-10-20(27)26-16-18-8-3-4-9-19(18)17-26;/h3-6,8-9,13-14H,2,7,10-12,15-17H2,1H3,(H2,22,23,24);1H. The SMILES string of the molecule is CCNC(=NCCCC(=O)N1Cc2ccccc2C1)NCCn1cccc1.I. The predicted octanol–water partition coefficient (Wildman–Crippen LogP) is 2.98. The summed E-state index contributed by atoms with van der Waals surface area (Å²) in [6.45, 7) is 6.70. The lowest BCUT2D eigenvalue weighted by Crippen LogP contribution is -2.39. The van der Waals surface area contributed by atoms with E-state index in [1.165, 1.54) is 11.1 Å². The number of benzene rings is 1. The average molecular weight is 495 g/mol. The predicted molar refractivity (Wildman–Crippen MR) is 124 cm³/mol. The molecule has 28 heavy (non-hydrogen) atoms. The van der Waals surface area contributed by atoms with Gasteiger partial charge in [0.1, 0.15) is 0 Å². The normalized spacial score (nSPS) is 13.0. The van der Waals surface area contributed by atoms with E-state index in [1.54, 1.807) is 0 Å². The lowest BCUT2D eigenvalue weighted by Gasteiger charge is -2.15. The fourth-order valence-corrected chi connectivity index (χ4v) is 3.25. The number of aromatic nitrogens is 1. The van der Waals surface area contributed by atoms with Crippen molar-refractivity contribution in [3.8, 4) is 0 Å². The highest BCUT2D eigenvalue weighted by Gasteiger charge is 2.22. The molecule has 1 aliphatic heterocycles. The zero-order chi connectivity index (χ0) is 18.9. The van der Waals surface area contributed by atoms with Crippen molar-refractivity contribution < 1.29 is 4.79 Å². The first-order valence-electron chi connectivity index (χ1n) is 9.73. The molecule has 2 heterocycles. The molecule has 2 N–H and O–H groups in total. The van der Waals surface area contributed by atoms with E-state index in [4.69, 9.17) is 0 Å². The van der Waals surface area contributed by atoms with Gasteiger partial charge in [-0.1, -0.05) is 24.3 Å². The van der Waals surface area contributed by atoms with E-state index < -0.39 is 0 Å². The van der Waals surface area contributed by atoms with Crippen molar-refractivity contribution >= 4 is 35.8 Å². The molecule has 0 spiro atoms. The maximum atomic E-state index is 12.4. The van der Waals surface area contributed by atoms with E-state index in [1.807, 2.05) is 41.6 Å². The van der Waals surface area contributed by atoms with E-state index in [0.717, 1.165) is 45.1 Å². The van der Waals surface area contributed by atoms with Crippen LogP contribution in [0.15, 0.2) is 53.8 Å². The van der Waals surface area contributed by atoms with Gasteiger partial charge in [0.15, 0.2) is 5.96 Å². The van der Waals surface area contributed by atoms with Crippen LogP contribution in [0.2, 0.25) is 0 Å². The number of hydrogen-bond acceptors (Lipinski definition) is 2. The third kappa shape index (κ3) is 6.54.